The van der Waals surface area contributed by atoms with Crippen molar-refractivity contribution in [3.8, 4) is 5.75 Å². The zero-order valence-corrected chi connectivity index (χ0v) is 19.3. The van der Waals surface area contributed by atoms with E-state index in [0.29, 0.717) is 13.0 Å². The number of carbonyl (C=O) groups is 1. The second-order valence-electron chi connectivity index (χ2n) is 8.51. The molecule has 0 radical (unpaired) electrons. The summed E-state index contributed by atoms with van der Waals surface area (Å²) in [5.41, 5.74) is 15.4. The summed E-state index contributed by atoms with van der Waals surface area (Å²) in [5, 5.41) is 4.26. The Morgan fingerprint density at radius 1 is 0.939 bits per heavy atom. The first-order valence-corrected chi connectivity index (χ1v) is 11.2. The molecule has 0 aliphatic carbocycles. The summed E-state index contributed by atoms with van der Waals surface area (Å²) in [4.78, 5) is 12.6. The number of aryl methyl sites for hydroxylation is 2. The molecule has 3 aromatic rings. The third-order valence-corrected chi connectivity index (χ3v) is 5.83. The molecule has 1 aliphatic rings. The molecule has 0 aromatic heterocycles. The number of ether oxygens (including phenoxy) is 1. The van der Waals surface area contributed by atoms with E-state index in [9.17, 15) is 4.79 Å². The molecule has 1 heterocycles. The zero-order valence-electron chi connectivity index (χ0n) is 19.3. The summed E-state index contributed by atoms with van der Waals surface area (Å²) in [6, 6.07) is 24.1. The lowest BCUT2D eigenvalue weighted by atomic mass is 10.0. The van der Waals surface area contributed by atoms with Crippen LogP contribution in [0.5, 0.6) is 5.75 Å². The number of hydrogen-bond acceptors (Lipinski definition) is 5. The lowest BCUT2D eigenvalue weighted by Gasteiger charge is -2.11. The molecule has 1 fully saturated rings. The minimum Gasteiger partial charge on any atom is -0.489 e. The topological polar surface area (TPSA) is 74.8 Å². The first kappa shape index (κ1) is 22.7. The molecule has 6 nitrogen and oxygen atoms in total. The van der Waals surface area contributed by atoms with Gasteiger partial charge in [-0.25, -0.2) is 16.3 Å². The van der Waals surface area contributed by atoms with Crippen molar-refractivity contribution >= 4 is 11.6 Å². The molecule has 3 aromatic carbocycles. The summed E-state index contributed by atoms with van der Waals surface area (Å²) in [5.74, 6) is 0.662. The highest BCUT2D eigenvalue weighted by Gasteiger charge is 2.30. The van der Waals surface area contributed by atoms with Crippen LogP contribution >= 0.6 is 0 Å². The highest BCUT2D eigenvalue weighted by atomic mass is 16.5. The van der Waals surface area contributed by atoms with Gasteiger partial charge in [0.15, 0.2) is 0 Å². The number of hydrogen-bond donors (Lipinski definition) is 3. The Morgan fingerprint density at radius 2 is 1.58 bits per heavy atom. The van der Waals surface area contributed by atoms with Crippen LogP contribution in [0.2, 0.25) is 0 Å². The number of nitrogens with one attached hydrogen (secondary N) is 3. The van der Waals surface area contributed by atoms with Crippen LogP contribution in [0.3, 0.4) is 0 Å². The average Bonchev–Trinajstić information content (AvgIpc) is 3.33. The van der Waals surface area contributed by atoms with Gasteiger partial charge in [-0.15, -0.1) is 0 Å². The van der Waals surface area contributed by atoms with Crippen molar-refractivity contribution in [2.45, 2.75) is 45.9 Å². The van der Waals surface area contributed by atoms with Gasteiger partial charge in [0.25, 0.3) is 5.91 Å². The molecule has 2 unspecified atom stereocenters. The third kappa shape index (κ3) is 6.06. The first-order chi connectivity index (χ1) is 16.0. The second-order valence-corrected chi connectivity index (χ2v) is 8.51. The fraction of sp³-hybridized carbons (Fsp3) is 0.259. The van der Waals surface area contributed by atoms with Crippen molar-refractivity contribution in [3.63, 3.8) is 0 Å². The smallest absolute Gasteiger partial charge is 0.258 e. The summed E-state index contributed by atoms with van der Waals surface area (Å²) in [7, 11) is 0. The molecular formula is C27H30N4O2. The van der Waals surface area contributed by atoms with E-state index >= 15 is 0 Å². The Balaban J connectivity index is 1.28. The fourth-order valence-electron chi connectivity index (χ4n) is 3.67. The molecule has 0 saturated carbocycles. The quantitative estimate of drug-likeness (QED) is 0.376. The molecule has 6 heteroatoms. The maximum absolute atomic E-state index is 12.6. The van der Waals surface area contributed by atoms with E-state index in [2.05, 4.69) is 52.6 Å². The van der Waals surface area contributed by atoms with Crippen LogP contribution in [0.1, 0.15) is 47.2 Å². The SMILES string of the molecule is C/C(=N/NC(=O)C1CC(c2ccc(OCc3ccc(C)cc3)cc2)NN1)c1ccc(C)cc1. The number of amides is 1. The van der Waals surface area contributed by atoms with Gasteiger partial charge in [-0.05, 0) is 56.0 Å². The molecule has 0 spiro atoms. The minimum absolute atomic E-state index is 0.0362. The van der Waals surface area contributed by atoms with Crippen molar-refractivity contribution in [3.05, 3.63) is 101 Å². The Labute approximate surface area is 195 Å². The van der Waals surface area contributed by atoms with Gasteiger partial charge in [-0.2, -0.15) is 5.10 Å². The Hall–Kier alpha value is -3.48. The Morgan fingerprint density at radius 3 is 2.24 bits per heavy atom. The molecule has 2 atom stereocenters. The minimum atomic E-state index is -0.359. The summed E-state index contributed by atoms with van der Waals surface area (Å²) >= 11 is 0. The predicted octanol–water partition coefficient (Wildman–Crippen LogP) is 4.33. The van der Waals surface area contributed by atoms with Crippen LogP contribution < -0.4 is 21.0 Å². The van der Waals surface area contributed by atoms with Gasteiger partial charge < -0.3 is 4.74 Å². The fourth-order valence-corrected chi connectivity index (χ4v) is 3.67. The molecule has 0 bridgehead atoms. The summed E-state index contributed by atoms with van der Waals surface area (Å²) in [6.45, 7) is 6.53. The van der Waals surface area contributed by atoms with E-state index in [1.54, 1.807) is 0 Å². The van der Waals surface area contributed by atoms with E-state index in [4.69, 9.17) is 4.74 Å². The van der Waals surface area contributed by atoms with Gasteiger partial charge in [0, 0.05) is 6.04 Å². The maximum atomic E-state index is 12.6. The van der Waals surface area contributed by atoms with E-state index < -0.39 is 0 Å². The Bertz CT molecular complexity index is 1110. The standard InChI is InChI=1S/C27H30N4O2/c1-18-4-8-21(9-5-18)17-33-24-14-12-23(13-15-24)25-16-26(30-29-25)27(32)31-28-20(3)22-10-6-19(2)7-11-22/h4-15,25-26,29-30H,16-17H2,1-3H3,(H,31,32)/b28-20-. The summed E-state index contributed by atoms with van der Waals surface area (Å²) < 4.78 is 5.89. The second kappa shape index (κ2) is 10.4. The van der Waals surface area contributed by atoms with Crippen molar-refractivity contribution in [2.75, 3.05) is 0 Å². The van der Waals surface area contributed by atoms with Gasteiger partial charge in [0.05, 0.1) is 5.71 Å². The lowest BCUT2D eigenvalue weighted by molar-refractivity contribution is -0.122. The van der Waals surface area contributed by atoms with Crippen LogP contribution in [0.15, 0.2) is 77.9 Å². The van der Waals surface area contributed by atoms with Gasteiger partial charge >= 0.3 is 0 Å². The Kier molecular flexibility index (Phi) is 7.17. The van der Waals surface area contributed by atoms with Gasteiger partial charge in [0.2, 0.25) is 0 Å². The van der Waals surface area contributed by atoms with Crippen LogP contribution in [-0.2, 0) is 11.4 Å². The molecular weight excluding hydrogens is 412 g/mol. The number of benzene rings is 3. The monoisotopic (exact) mass is 442 g/mol. The molecule has 170 valence electrons. The summed E-state index contributed by atoms with van der Waals surface area (Å²) in [6.07, 6.45) is 0.633. The molecule has 3 N–H and O–H groups in total. The van der Waals surface area contributed by atoms with Crippen LogP contribution in [-0.4, -0.2) is 17.7 Å². The van der Waals surface area contributed by atoms with Gasteiger partial charge in [0.1, 0.15) is 18.4 Å². The predicted molar refractivity (Wildman–Crippen MR) is 131 cm³/mol. The number of rotatable bonds is 7. The van der Waals surface area contributed by atoms with Crippen molar-refractivity contribution < 1.29 is 9.53 Å². The lowest BCUT2D eigenvalue weighted by Crippen LogP contribution is -2.41. The van der Waals surface area contributed by atoms with Crippen LogP contribution in [0, 0.1) is 13.8 Å². The molecule has 1 amide bonds. The number of carbonyl (C=O) groups excluding carboxylic acids is 1. The van der Waals surface area contributed by atoms with Gasteiger partial charge in [-0.3, -0.25) is 4.79 Å². The van der Waals surface area contributed by atoms with Crippen molar-refractivity contribution in [1.29, 1.82) is 0 Å². The first-order valence-electron chi connectivity index (χ1n) is 11.2. The molecule has 1 aliphatic heterocycles. The highest BCUT2D eigenvalue weighted by molar-refractivity contribution is 5.99. The van der Waals surface area contributed by atoms with Gasteiger partial charge in [-0.1, -0.05) is 71.8 Å². The number of nitrogens with zero attached hydrogens (tertiary/aromatic N) is 1. The molecule has 33 heavy (non-hydrogen) atoms. The molecule has 4 rings (SSSR count). The average molecular weight is 443 g/mol. The van der Waals surface area contributed by atoms with E-state index in [1.165, 1.54) is 11.1 Å². The van der Waals surface area contributed by atoms with Crippen molar-refractivity contribution in [1.82, 2.24) is 16.3 Å². The van der Waals surface area contributed by atoms with E-state index in [1.807, 2.05) is 62.4 Å². The maximum Gasteiger partial charge on any atom is 0.258 e. The number of hydrazone groups is 1. The normalized spacial score (nSPS) is 18.2. The zero-order chi connectivity index (χ0) is 23.2. The largest absolute Gasteiger partial charge is 0.489 e. The molecule has 1 saturated heterocycles. The van der Waals surface area contributed by atoms with Crippen LogP contribution in [0.4, 0.5) is 0 Å². The van der Waals surface area contributed by atoms with Crippen LogP contribution in [0.25, 0.3) is 0 Å². The van der Waals surface area contributed by atoms with E-state index in [0.717, 1.165) is 28.2 Å². The highest BCUT2D eigenvalue weighted by Crippen LogP contribution is 2.25. The van der Waals surface area contributed by atoms with Crippen molar-refractivity contribution in [2.24, 2.45) is 5.10 Å². The van der Waals surface area contributed by atoms with E-state index in [-0.39, 0.29) is 18.0 Å². The number of hydrazine groups is 1. The third-order valence-electron chi connectivity index (χ3n) is 5.83.